The molecule has 112 valence electrons. The molecular weight excluding hydrogens is 252 g/mol. The van der Waals surface area contributed by atoms with E-state index in [-0.39, 0.29) is 0 Å². The molecule has 3 N–H and O–H groups in total. The predicted octanol–water partition coefficient (Wildman–Crippen LogP) is 1.01. The van der Waals surface area contributed by atoms with Crippen LogP contribution in [0.1, 0.15) is 6.42 Å². The molecule has 1 aromatic rings. The van der Waals surface area contributed by atoms with E-state index in [0.29, 0.717) is 0 Å². The van der Waals surface area contributed by atoms with Gasteiger partial charge in [-0.1, -0.05) is 0 Å². The Morgan fingerprint density at radius 3 is 3.00 bits per heavy atom. The highest BCUT2D eigenvalue weighted by atomic mass is 16.5. The number of nitrogen functional groups attached to an aromatic ring is 1. The number of hydrogen-bond acceptors (Lipinski definition) is 5. The molecule has 0 radical (unpaired) electrons. The molecule has 0 fully saturated rings. The first-order chi connectivity index (χ1) is 9.66. The lowest BCUT2D eigenvalue weighted by molar-refractivity contribution is 0.307. The Hall–Kier alpha value is -1.46. The van der Waals surface area contributed by atoms with Crippen LogP contribution in [0.15, 0.2) is 18.2 Å². The van der Waals surface area contributed by atoms with Crippen molar-refractivity contribution >= 4 is 11.4 Å². The highest BCUT2D eigenvalue weighted by Crippen LogP contribution is 2.32. The molecule has 1 heterocycles. The van der Waals surface area contributed by atoms with Gasteiger partial charge in [0.25, 0.3) is 0 Å². The van der Waals surface area contributed by atoms with Crippen LogP contribution in [0, 0.1) is 0 Å². The van der Waals surface area contributed by atoms with Crippen molar-refractivity contribution < 1.29 is 4.74 Å². The number of nitrogens with one attached hydrogen (secondary N) is 1. The lowest BCUT2D eigenvalue weighted by Crippen LogP contribution is -2.38. The minimum Gasteiger partial charge on any atom is -0.489 e. The lowest BCUT2D eigenvalue weighted by atomic mass is 10.2. The summed E-state index contributed by atoms with van der Waals surface area (Å²) in [5.74, 6) is 0.906. The molecule has 5 nitrogen and oxygen atoms in total. The standard InChI is InChI=1S/C15H26N4O/c1-18(2)8-3-6-17-7-9-19-10-11-20-15-12-13(16)4-5-14(15)19/h4-5,12,17H,3,6-11,16H2,1-2H3. The van der Waals surface area contributed by atoms with Crippen LogP contribution in [-0.2, 0) is 0 Å². The molecule has 0 bridgehead atoms. The molecule has 20 heavy (non-hydrogen) atoms. The van der Waals surface area contributed by atoms with E-state index >= 15 is 0 Å². The fourth-order valence-electron chi connectivity index (χ4n) is 2.39. The SMILES string of the molecule is CN(C)CCCNCCN1CCOc2cc(N)ccc21. The van der Waals surface area contributed by atoms with Crippen LogP contribution in [0.5, 0.6) is 5.75 Å². The molecule has 0 atom stereocenters. The topological polar surface area (TPSA) is 53.8 Å². The third-order valence-corrected chi connectivity index (χ3v) is 3.46. The Balaban J connectivity index is 1.75. The molecule has 1 aromatic carbocycles. The van der Waals surface area contributed by atoms with Gasteiger partial charge in [-0.05, 0) is 45.7 Å². The number of rotatable bonds is 7. The molecule has 2 rings (SSSR count). The number of nitrogens with two attached hydrogens (primary N) is 1. The Morgan fingerprint density at radius 2 is 2.20 bits per heavy atom. The first-order valence-corrected chi connectivity index (χ1v) is 7.29. The average Bonchev–Trinajstić information content (AvgIpc) is 2.42. The first-order valence-electron chi connectivity index (χ1n) is 7.29. The molecule has 0 saturated heterocycles. The maximum absolute atomic E-state index is 5.79. The third kappa shape index (κ3) is 4.28. The minimum absolute atomic E-state index is 0.733. The van der Waals surface area contributed by atoms with Crippen molar-refractivity contribution in [1.82, 2.24) is 10.2 Å². The summed E-state index contributed by atoms with van der Waals surface area (Å²) in [6.07, 6.45) is 1.18. The van der Waals surface area contributed by atoms with Gasteiger partial charge in [-0.15, -0.1) is 0 Å². The van der Waals surface area contributed by atoms with Gasteiger partial charge in [-0.25, -0.2) is 0 Å². The number of nitrogens with zero attached hydrogens (tertiary/aromatic N) is 2. The maximum Gasteiger partial charge on any atom is 0.144 e. The van der Waals surface area contributed by atoms with Crippen LogP contribution in [0.25, 0.3) is 0 Å². The number of ether oxygens (including phenoxy) is 1. The van der Waals surface area contributed by atoms with Gasteiger partial charge in [-0.2, -0.15) is 0 Å². The van der Waals surface area contributed by atoms with Gasteiger partial charge in [0.15, 0.2) is 0 Å². The number of anilines is 2. The fourth-order valence-corrected chi connectivity index (χ4v) is 2.39. The quantitative estimate of drug-likeness (QED) is 0.576. The summed E-state index contributed by atoms with van der Waals surface area (Å²) in [6, 6.07) is 5.90. The molecule has 0 aliphatic carbocycles. The second-order valence-electron chi connectivity index (χ2n) is 5.47. The predicted molar refractivity (Wildman–Crippen MR) is 84.6 cm³/mol. The molecule has 0 aromatic heterocycles. The molecule has 0 saturated carbocycles. The van der Waals surface area contributed by atoms with Crippen molar-refractivity contribution in [2.75, 3.05) is 64.1 Å². The van der Waals surface area contributed by atoms with Gasteiger partial charge in [0.2, 0.25) is 0 Å². The van der Waals surface area contributed by atoms with Gasteiger partial charge >= 0.3 is 0 Å². The van der Waals surface area contributed by atoms with Crippen molar-refractivity contribution in [3.63, 3.8) is 0 Å². The second-order valence-corrected chi connectivity index (χ2v) is 5.47. The van der Waals surface area contributed by atoms with E-state index < -0.39 is 0 Å². The van der Waals surface area contributed by atoms with Gasteiger partial charge in [0.05, 0.1) is 12.2 Å². The monoisotopic (exact) mass is 278 g/mol. The van der Waals surface area contributed by atoms with Gasteiger partial charge < -0.3 is 25.6 Å². The molecular formula is C15H26N4O. The summed E-state index contributed by atoms with van der Waals surface area (Å²) in [5, 5.41) is 3.50. The largest absolute Gasteiger partial charge is 0.489 e. The summed E-state index contributed by atoms with van der Waals surface area (Å²) in [7, 11) is 4.22. The zero-order chi connectivity index (χ0) is 14.4. The van der Waals surface area contributed by atoms with Crippen LogP contribution >= 0.6 is 0 Å². The summed E-state index contributed by atoms with van der Waals surface area (Å²) in [5.41, 5.74) is 7.70. The van der Waals surface area contributed by atoms with Crippen LogP contribution in [-0.4, -0.2) is 58.3 Å². The van der Waals surface area contributed by atoms with E-state index in [2.05, 4.69) is 35.3 Å². The van der Waals surface area contributed by atoms with Crippen molar-refractivity contribution in [2.24, 2.45) is 0 Å². The molecule has 0 unspecified atom stereocenters. The van der Waals surface area contributed by atoms with Gasteiger partial charge in [0, 0.05) is 24.8 Å². The van der Waals surface area contributed by atoms with Crippen LogP contribution in [0.2, 0.25) is 0 Å². The second kappa shape index (κ2) is 7.36. The number of hydrogen-bond donors (Lipinski definition) is 2. The molecule has 5 heteroatoms. The van der Waals surface area contributed by atoms with Crippen LogP contribution < -0.4 is 20.7 Å². The summed E-state index contributed by atoms with van der Waals surface area (Å²) >= 11 is 0. The van der Waals surface area contributed by atoms with E-state index in [1.165, 1.54) is 6.42 Å². The Labute approximate surface area is 121 Å². The average molecular weight is 278 g/mol. The smallest absolute Gasteiger partial charge is 0.144 e. The van der Waals surface area contributed by atoms with Crippen LogP contribution in [0.3, 0.4) is 0 Å². The lowest BCUT2D eigenvalue weighted by Gasteiger charge is -2.31. The zero-order valence-corrected chi connectivity index (χ0v) is 12.6. The molecule has 1 aliphatic heterocycles. The Bertz CT molecular complexity index is 422. The van der Waals surface area contributed by atoms with E-state index in [1.807, 2.05) is 12.1 Å². The molecule has 1 aliphatic rings. The minimum atomic E-state index is 0.733. The summed E-state index contributed by atoms with van der Waals surface area (Å²) in [6.45, 7) is 5.87. The Morgan fingerprint density at radius 1 is 1.35 bits per heavy atom. The van der Waals surface area contributed by atoms with Crippen molar-refractivity contribution in [3.8, 4) is 5.75 Å². The van der Waals surface area contributed by atoms with Crippen molar-refractivity contribution in [2.45, 2.75) is 6.42 Å². The number of fused-ring (bicyclic) bond motifs is 1. The number of benzene rings is 1. The molecule has 0 spiro atoms. The summed E-state index contributed by atoms with van der Waals surface area (Å²) in [4.78, 5) is 4.57. The van der Waals surface area contributed by atoms with Gasteiger partial charge in [-0.3, -0.25) is 0 Å². The van der Waals surface area contributed by atoms with E-state index in [4.69, 9.17) is 10.5 Å². The Kier molecular flexibility index (Phi) is 5.49. The van der Waals surface area contributed by atoms with Crippen molar-refractivity contribution in [3.05, 3.63) is 18.2 Å². The normalized spacial score (nSPS) is 14.2. The van der Waals surface area contributed by atoms with E-state index in [1.54, 1.807) is 0 Å². The fraction of sp³-hybridized carbons (Fsp3) is 0.600. The maximum atomic E-state index is 5.79. The van der Waals surface area contributed by atoms with E-state index in [9.17, 15) is 0 Å². The zero-order valence-electron chi connectivity index (χ0n) is 12.6. The molecule has 0 amide bonds. The van der Waals surface area contributed by atoms with Gasteiger partial charge in [0.1, 0.15) is 12.4 Å². The van der Waals surface area contributed by atoms with E-state index in [0.717, 1.165) is 56.5 Å². The summed E-state index contributed by atoms with van der Waals surface area (Å²) < 4.78 is 5.66. The highest BCUT2D eigenvalue weighted by Gasteiger charge is 2.17. The highest BCUT2D eigenvalue weighted by molar-refractivity contribution is 5.65. The third-order valence-electron chi connectivity index (χ3n) is 3.46. The van der Waals surface area contributed by atoms with Crippen molar-refractivity contribution in [1.29, 1.82) is 0 Å². The van der Waals surface area contributed by atoms with Crippen LogP contribution in [0.4, 0.5) is 11.4 Å². The first kappa shape index (κ1) is 14.9.